The lowest BCUT2D eigenvalue weighted by molar-refractivity contribution is -0.124. The third-order valence-corrected chi connectivity index (χ3v) is 5.06. The number of methoxy groups -OCH3 is 1. The zero-order chi connectivity index (χ0) is 20.3. The van der Waals surface area contributed by atoms with Crippen molar-refractivity contribution in [3.63, 3.8) is 0 Å². The maximum absolute atomic E-state index is 13.2. The summed E-state index contributed by atoms with van der Waals surface area (Å²) in [5.41, 5.74) is 2.17. The summed E-state index contributed by atoms with van der Waals surface area (Å²) in [6, 6.07) is 8.93. The molecule has 0 spiro atoms. The Hall–Kier alpha value is -2.93. The van der Waals surface area contributed by atoms with E-state index >= 15 is 0 Å². The van der Waals surface area contributed by atoms with Gasteiger partial charge in [0.1, 0.15) is 6.04 Å². The lowest BCUT2D eigenvalue weighted by Gasteiger charge is -2.20. The Kier molecular flexibility index (Phi) is 5.94. The molecular formula is C21H26N4O3. The first-order valence-electron chi connectivity index (χ1n) is 9.42. The molecule has 0 saturated heterocycles. The quantitative estimate of drug-likeness (QED) is 0.637. The SMILES string of the molecule is CC[C@H](C(=O)NCCOC)n1c(C)c2cnn(-c3ccccc3)c(=O)c2c1C. The monoisotopic (exact) mass is 382 g/mol. The van der Waals surface area contributed by atoms with Gasteiger partial charge in [-0.3, -0.25) is 9.59 Å². The molecule has 1 amide bonds. The van der Waals surface area contributed by atoms with Crippen LogP contribution in [0.5, 0.6) is 0 Å². The molecule has 1 aromatic carbocycles. The van der Waals surface area contributed by atoms with Crippen molar-refractivity contribution in [2.45, 2.75) is 33.2 Å². The fourth-order valence-electron chi connectivity index (χ4n) is 3.68. The van der Waals surface area contributed by atoms with Crippen molar-refractivity contribution in [2.75, 3.05) is 20.3 Å². The third-order valence-electron chi connectivity index (χ3n) is 5.06. The van der Waals surface area contributed by atoms with E-state index in [-0.39, 0.29) is 11.5 Å². The summed E-state index contributed by atoms with van der Waals surface area (Å²) in [6.45, 7) is 6.68. The van der Waals surface area contributed by atoms with Crippen LogP contribution in [0.1, 0.15) is 30.8 Å². The number of ether oxygens (including phenoxy) is 1. The molecule has 0 saturated carbocycles. The van der Waals surface area contributed by atoms with Crippen molar-refractivity contribution >= 4 is 16.7 Å². The van der Waals surface area contributed by atoms with Gasteiger partial charge in [-0.05, 0) is 32.4 Å². The predicted octanol–water partition coefficient (Wildman–Crippen LogP) is 2.52. The van der Waals surface area contributed by atoms with Gasteiger partial charge in [0.2, 0.25) is 5.91 Å². The van der Waals surface area contributed by atoms with E-state index in [1.165, 1.54) is 4.68 Å². The highest BCUT2D eigenvalue weighted by molar-refractivity contribution is 5.89. The number of nitrogens with zero attached hydrogens (tertiary/aromatic N) is 3. The average molecular weight is 382 g/mol. The van der Waals surface area contributed by atoms with E-state index in [9.17, 15) is 9.59 Å². The highest BCUT2D eigenvalue weighted by Crippen LogP contribution is 2.27. The molecule has 148 valence electrons. The van der Waals surface area contributed by atoms with E-state index in [2.05, 4.69) is 10.4 Å². The second-order valence-corrected chi connectivity index (χ2v) is 6.73. The first-order chi connectivity index (χ1) is 13.5. The van der Waals surface area contributed by atoms with E-state index < -0.39 is 6.04 Å². The van der Waals surface area contributed by atoms with Gasteiger partial charge in [0, 0.05) is 30.4 Å². The minimum atomic E-state index is -0.395. The summed E-state index contributed by atoms with van der Waals surface area (Å²) in [6.07, 6.45) is 2.32. The Morgan fingerprint density at radius 1 is 1.21 bits per heavy atom. The molecule has 7 nitrogen and oxygen atoms in total. The van der Waals surface area contributed by atoms with E-state index in [1.54, 1.807) is 13.3 Å². The lowest BCUT2D eigenvalue weighted by Crippen LogP contribution is -2.35. The molecule has 0 bridgehead atoms. The van der Waals surface area contributed by atoms with Crippen LogP contribution in [0.3, 0.4) is 0 Å². The minimum absolute atomic E-state index is 0.0811. The molecule has 0 aliphatic carbocycles. The Morgan fingerprint density at radius 3 is 2.57 bits per heavy atom. The van der Waals surface area contributed by atoms with Gasteiger partial charge >= 0.3 is 0 Å². The highest BCUT2D eigenvalue weighted by atomic mass is 16.5. The number of hydrogen-bond donors (Lipinski definition) is 1. The third kappa shape index (κ3) is 3.45. The summed E-state index contributed by atoms with van der Waals surface area (Å²) in [7, 11) is 1.60. The van der Waals surface area contributed by atoms with Gasteiger partial charge in [0.25, 0.3) is 5.56 Å². The number of rotatable bonds is 7. The molecule has 28 heavy (non-hydrogen) atoms. The summed E-state index contributed by atoms with van der Waals surface area (Å²) in [5, 5.41) is 8.63. The van der Waals surface area contributed by atoms with Crippen molar-refractivity contribution < 1.29 is 9.53 Å². The molecule has 3 rings (SSSR count). The van der Waals surface area contributed by atoms with Crippen LogP contribution in [0.15, 0.2) is 41.3 Å². The number of aromatic nitrogens is 3. The van der Waals surface area contributed by atoms with Gasteiger partial charge in [-0.25, -0.2) is 0 Å². The summed E-state index contributed by atoms with van der Waals surface area (Å²) in [5.74, 6) is -0.0811. The Balaban J connectivity index is 2.11. The van der Waals surface area contributed by atoms with Crippen molar-refractivity contribution in [1.82, 2.24) is 19.7 Å². The van der Waals surface area contributed by atoms with E-state index in [4.69, 9.17) is 4.74 Å². The number of para-hydroxylation sites is 1. The van der Waals surface area contributed by atoms with Gasteiger partial charge in [0.15, 0.2) is 0 Å². The van der Waals surface area contributed by atoms with E-state index in [0.29, 0.717) is 30.6 Å². The fourth-order valence-corrected chi connectivity index (χ4v) is 3.68. The van der Waals surface area contributed by atoms with Crippen LogP contribution in [0.4, 0.5) is 0 Å². The highest BCUT2D eigenvalue weighted by Gasteiger charge is 2.25. The fraction of sp³-hybridized carbons (Fsp3) is 0.381. The van der Waals surface area contributed by atoms with Gasteiger partial charge in [-0.2, -0.15) is 9.78 Å². The zero-order valence-corrected chi connectivity index (χ0v) is 16.7. The number of nitrogens with one attached hydrogen (secondary N) is 1. The molecule has 0 aliphatic heterocycles. The molecule has 1 atom stereocenters. The second-order valence-electron chi connectivity index (χ2n) is 6.73. The van der Waals surface area contributed by atoms with E-state index in [1.807, 2.05) is 55.7 Å². The second kappa shape index (κ2) is 8.39. The zero-order valence-electron chi connectivity index (χ0n) is 16.7. The van der Waals surface area contributed by atoms with Crippen LogP contribution in [-0.2, 0) is 9.53 Å². The van der Waals surface area contributed by atoms with Gasteiger partial charge in [-0.15, -0.1) is 0 Å². The van der Waals surface area contributed by atoms with Crippen molar-refractivity contribution in [1.29, 1.82) is 0 Å². The normalized spacial score (nSPS) is 12.3. The first-order valence-corrected chi connectivity index (χ1v) is 9.42. The molecule has 0 radical (unpaired) electrons. The lowest BCUT2D eigenvalue weighted by atomic mass is 10.2. The van der Waals surface area contributed by atoms with Crippen LogP contribution < -0.4 is 10.9 Å². The Labute approximate surface area is 163 Å². The number of benzene rings is 1. The number of carbonyl (C=O) groups is 1. The number of amides is 1. The summed E-state index contributed by atoms with van der Waals surface area (Å²) >= 11 is 0. The first kappa shape index (κ1) is 19.8. The van der Waals surface area contributed by atoms with E-state index in [0.717, 1.165) is 16.8 Å². The van der Waals surface area contributed by atoms with Gasteiger partial charge in [-0.1, -0.05) is 25.1 Å². The molecular weight excluding hydrogens is 356 g/mol. The largest absolute Gasteiger partial charge is 0.383 e. The van der Waals surface area contributed by atoms with Crippen molar-refractivity contribution in [3.05, 3.63) is 58.3 Å². The molecule has 0 unspecified atom stereocenters. The number of hydrogen-bond acceptors (Lipinski definition) is 4. The molecule has 0 aliphatic rings. The number of carbonyl (C=O) groups excluding carboxylic acids is 1. The standard InChI is InChI=1S/C21H26N4O3/c1-5-18(20(26)22-11-12-28-4)24-14(2)17-13-23-25(16-9-7-6-8-10-16)21(27)19(17)15(24)3/h6-10,13,18H,5,11-12H2,1-4H3,(H,22,26)/t18-/m1/s1. The van der Waals surface area contributed by atoms with Gasteiger partial charge in [0.05, 0.1) is 23.9 Å². The molecule has 1 N–H and O–H groups in total. The predicted molar refractivity (Wildman–Crippen MR) is 109 cm³/mol. The minimum Gasteiger partial charge on any atom is -0.383 e. The van der Waals surface area contributed by atoms with Crippen molar-refractivity contribution in [3.8, 4) is 5.69 Å². The summed E-state index contributed by atoms with van der Waals surface area (Å²) in [4.78, 5) is 25.9. The Morgan fingerprint density at radius 2 is 1.93 bits per heavy atom. The molecule has 0 fully saturated rings. The molecule has 2 aromatic heterocycles. The topological polar surface area (TPSA) is 78.2 Å². The maximum atomic E-state index is 13.2. The molecule has 7 heteroatoms. The number of aryl methyl sites for hydroxylation is 2. The smallest absolute Gasteiger partial charge is 0.281 e. The summed E-state index contributed by atoms with van der Waals surface area (Å²) < 4.78 is 8.36. The van der Waals surface area contributed by atoms with Crippen LogP contribution >= 0.6 is 0 Å². The number of fused-ring (bicyclic) bond motifs is 1. The maximum Gasteiger partial charge on any atom is 0.281 e. The van der Waals surface area contributed by atoms with Crippen LogP contribution in [0, 0.1) is 13.8 Å². The van der Waals surface area contributed by atoms with Crippen LogP contribution in [-0.4, -0.2) is 40.5 Å². The van der Waals surface area contributed by atoms with Crippen LogP contribution in [0.2, 0.25) is 0 Å². The van der Waals surface area contributed by atoms with Crippen LogP contribution in [0.25, 0.3) is 16.5 Å². The van der Waals surface area contributed by atoms with Gasteiger partial charge < -0.3 is 14.6 Å². The average Bonchev–Trinajstić information content (AvgIpc) is 2.95. The Bertz CT molecular complexity index is 1040. The van der Waals surface area contributed by atoms with Crippen molar-refractivity contribution in [2.24, 2.45) is 0 Å². The molecule has 2 heterocycles. The molecule has 3 aromatic rings.